The van der Waals surface area contributed by atoms with E-state index in [1.165, 1.54) is 18.2 Å². The van der Waals surface area contributed by atoms with Gasteiger partial charge in [0.15, 0.2) is 0 Å². The first kappa shape index (κ1) is 14.6. The summed E-state index contributed by atoms with van der Waals surface area (Å²) in [5, 5.41) is 10.1. The van der Waals surface area contributed by atoms with Gasteiger partial charge in [-0.1, -0.05) is 28.1 Å². The van der Waals surface area contributed by atoms with Crippen LogP contribution in [0.15, 0.2) is 45.3 Å². The number of halogens is 4. The lowest BCUT2D eigenvalue weighted by Crippen LogP contribution is -2.03. The molecular formula is C14H10Br2F2O. The maximum atomic E-state index is 13.4. The van der Waals surface area contributed by atoms with Crippen LogP contribution in [0.4, 0.5) is 8.78 Å². The number of aliphatic hydroxyl groups is 1. The molecule has 0 saturated carbocycles. The van der Waals surface area contributed by atoms with Gasteiger partial charge in [0.2, 0.25) is 0 Å². The van der Waals surface area contributed by atoms with E-state index in [1.54, 1.807) is 18.2 Å². The molecule has 0 spiro atoms. The molecule has 2 aromatic rings. The van der Waals surface area contributed by atoms with E-state index in [4.69, 9.17) is 0 Å². The van der Waals surface area contributed by atoms with Crippen molar-refractivity contribution in [3.05, 3.63) is 68.1 Å². The van der Waals surface area contributed by atoms with Gasteiger partial charge < -0.3 is 5.11 Å². The van der Waals surface area contributed by atoms with Crippen LogP contribution in [0.3, 0.4) is 0 Å². The number of rotatable bonds is 3. The molecule has 5 heteroatoms. The van der Waals surface area contributed by atoms with Crippen LogP contribution in [0.1, 0.15) is 17.2 Å². The predicted molar refractivity (Wildman–Crippen MR) is 76.9 cm³/mol. The maximum Gasteiger partial charge on any atom is 0.137 e. The molecule has 0 heterocycles. The first-order valence-electron chi connectivity index (χ1n) is 5.54. The average Bonchev–Trinajstić information content (AvgIpc) is 2.36. The molecule has 1 nitrogen and oxygen atoms in total. The summed E-state index contributed by atoms with van der Waals surface area (Å²) in [6.07, 6.45) is -0.563. The fraction of sp³-hybridized carbons (Fsp3) is 0.143. The van der Waals surface area contributed by atoms with Crippen molar-refractivity contribution in [2.45, 2.75) is 12.5 Å². The van der Waals surface area contributed by atoms with Crippen LogP contribution in [0, 0.1) is 11.6 Å². The van der Waals surface area contributed by atoms with E-state index in [0.29, 0.717) is 14.5 Å². The minimum atomic E-state index is -0.843. The third kappa shape index (κ3) is 3.61. The van der Waals surface area contributed by atoms with Crippen LogP contribution in [-0.4, -0.2) is 5.11 Å². The topological polar surface area (TPSA) is 20.2 Å². The van der Waals surface area contributed by atoms with E-state index in [0.717, 1.165) is 5.56 Å². The number of benzene rings is 2. The van der Waals surface area contributed by atoms with Gasteiger partial charge >= 0.3 is 0 Å². The molecular weight excluding hydrogens is 382 g/mol. The number of aliphatic hydroxyl groups excluding tert-OH is 1. The lowest BCUT2D eigenvalue weighted by atomic mass is 10.0. The summed E-state index contributed by atoms with van der Waals surface area (Å²) in [4.78, 5) is 0. The summed E-state index contributed by atoms with van der Waals surface area (Å²) in [5.41, 5.74) is 1.24. The molecule has 0 aliphatic carbocycles. The monoisotopic (exact) mass is 390 g/mol. The summed E-state index contributed by atoms with van der Waals surface area (Å²) in [5.74, 6) is -0.769. The van der Waals surface area contributed by atoms with Crippen molar-refractivity contribution in [1.82, 2.24) is 0 Å². The molecule has 100 valence electrons. The Bertz CT molecular complexity index is 602. The van der Waals surface area contributed by atoms with Gasteiger partial charge in [0, 0.05) is 10.9 Å². The molecule has 0 bridgehead atoms. The molecule has 2 rings (SSSR count). The molecule has 19 heavy (non-hydrogen) atoms. The zero-order valence-corrected chi connectivity index (χ0v) is 12.9. The predicted octanol–water partition coefficient (Wildman–Crippen LogP) is 4.77. The van der Waals surface area contributed by atoms with E-state index < -0.39 is 11.9 Å². The fourth-order valence-corrected chi connectivity index (χ4v) is 2.49. The molecule has 0 amide bonds. The lowest BCUT2D eigenvalue weighted by Gasteiger charge is -2.13. The molecule has 2 aromatic carbocycles. The van der Waals surface area contributed by atoms with E-state index in [9.17, 15) is 13.9 Å². The van der Waals surface area contributed by atoms with Crippen molar-refractivity contribution in [2.24, 2.45) is 0 Å². The molecule has 0 aliphatic rings. The van der Waals surface area contributed by atoms with Gasteiger partial charge in [-0.05, 0) is 51.3 Å². The zero-order chi connectivity index (χ0) is 14.0. The zero-order valence-electron chi connectivity index (χ0n) is 9.71. The highest BCUT2D eigenvalue weighted by atomic mass is 79.9. The summed E-state index contributed by atoms with van der Waals surface area (Å²) in [7, 11) is 0. The Morgan fingerprint density at radius 1 is 1.00 bits per heavy atom. The smallest absolute Gasteiger partial charge is 0.137 e. The summed E-state index contributed by atoms with van der Waals surface area (Å²) in [6, 6.07) is 8.74. The molecule has 0 aliphatic heterocycles. The molecule has 1 atom stereocenters. The Morgan fingerprint density at radius 3 is 2.37 bits per heavy atom. The largest absolute Gasteiger partial charge is 0.388 e. The van der Waals surface area contributed by atoms with E-state index in [2.05, 4.69) is 31.9 Å². The summed E-state index contributed by atoms with van der Waals surface area (Å²) in [6.45, 7) is 0. The third-order valence-corrected chi connectivity index (χ3v) is 4.14. The Balaban J connectivity index is 2.20. The van der Waals surface area contributed by atoms with Crippen molar-refractivity contribution in [3.63, 3.8) is 0 Å². The summed E-state index contributed by atoms with van der Waals surface area (Å²) >= 11 is 6.30. The highest BCUT2D eigenvalue weighted by molar-refractivity contribution is 9.10. The van der Waals surface area contributed by atoms with Crippen molar-refractivity contribution in [3.8, 4) is 0 Å². The van der Waals surface area contributed by atoms with Gasteiger partial charge in [0.1, 0.15) is 11.6 Å². The fourth-order valence-electron chi connectivity index (χ4n) is 1.73. The SMILES string of the molecule is OC(Cc1ccc(F)cc1Br)c1ccc(Br)c(F)c1. The molecule has 0 radical (unpaired) electrons. The van der Waals surface area contributed by atoms with Crippen LogP contribution in [0.25, 0.3) is 0 Å². The van der Waals surface area contributed by atoms with Gasteiger partial charge in [0.25, 0.3) is 0 Å². The highest BCUT2D eigenvalue weighted by Crippen LogP contribution is 2.26. The lowest BCUT2D eigenvalue weighted by molar-refractivity contribution is 0.177. The van der Waals surface area contributed by atoms with Gasteiger partial charge in [0.05, 0.1) is 10.6 Å². The van der Waals surface area contributed by atoms with Crippen LogP contribution in [0.2, 0.25) is 0 Å². The quantitative estimate of drug-likeness (QED) is 0.799. The molecule has 0 saturated heterocycles. The van der Waals surface area contributed by atoms with E-state index >= 15 is 0 Å². The summed E-state index contributed by atoms with van der Waals surface area (Å²) < 4.78 is 27.3. The Morgan fingerprint density at radius 2 is 1.74 bits per heavy atom. The average molecular weight is 392 g/mol. The van der Waals surface area contributed by atoms with Crippen molar-refractivity contribution >= 4 is 31.9 Å². The third-order valence-electron chi connectivity index (χ3n) is 2.76. The first-order chi connectivity index (χ1) is 8.97. The van der Waals surface area contributed by atoms with E-state index in [-0.39, 0.29) is 12.2 Å². The molecule has 0 fully saturated rings. The Hall–Kier alpha value is -0.780. The maximum absolute atomic E-state index is 13.4. The first-order valence-corrected chi connectivity index (χ1v) is 7.13. The van der Waals surface area contributed by atoms with Crippen molar-refractivity contribution < 1.29 is 13.9 Å². The molecule has 1 unspecified atom stereocenters. The van der Waals surface area contributed by atoms with Gasteiger partial charge in [-0.3, -0.25) is 0 Å². The standard InChI is InChI=1S/C14H10Br2F2O/c15-11-4-2-9(5-13(11)18)14(19)6-8-1-3-10(17)7-12(8)16/h1-5,7,14,19H,6H2. The molecule has 0 aromatic heterocycles. The van der Waals surface area contributed by atoms with Crippen LogP contribution >= 0.6 is 31.9 Å². The minimum Gasteiger partial charge on any atom is -0.388 e. The van der Waals surface area contributed by atoms with Gasteiger partial charge in [-0.15, -0.1) is 0 Å². The van der Waals surface area contributed by atoms with Crippen molar-refractivity contribution in [1.29, 1.82) is 0 Å². The number of hydrogen-bond donors (Lipinski definition) is 1. The Labute approximate surface area is 126 Å². The second-order valence-electron chi connectivity index (χ2n) is 4.13. The number of hydrogen-bond acceptors (Lipinski definition) is 1. The second-order valence-corrected chi connectivity index (χ2v) is 5.84. The van der Waals surface area contributed by atoms with Crippen LogP contribution in [0.5, 0.6) is 0 Å². The van der Waals surface area contributed by atoms with Crippen LogP contribution < -0.4 is 0 Å². The molecule has 1 N–H and O–H groups in total. The van der Waals surface area contributed by atoms with Crippen molar-refractivity contribution in [2.75, 3.05) is 0 Å². The van der Waals surface area contributed by atoms with Gasteiger partial charge in [-0.2, -0.15) is 0 Å². The van der Waals surface area contributed by atoms with E-state index in [1.807, 2.05) is 0 Å². The highest BCUT2D eigenvalue weighted by Gasteiger charge is 2.13. The van der Waals surface area contributed by atoms with Crippen LogP contribution in [-0.2, 0) is 6.42 Å². The second kappa shape index (κ2) is 6.11. The van der Waals surface area contributed by atoms with Gasteiger partial charge in [-0.25, -0.2) is 8.78 Å². The Kier molecular flexibility index (Phi) is 4.71. The normalized spacial score (nSPS) is 12.5. The minimum absolute atomic E-state index is 0.280.